The van der Waals surface area contributed by atoms with Gasteiger partial charge in [0.25, 0.3) is 5.91 Å². The van der Waals surface area contributed by atoms with Crippen LogP contribution in [0.15, 0.2) is 59.6 Å². The predicted octanol–water partition coefficient (Wildman–Crippen LogP) is 9.57. The number of halogens is 2. The minimum absolute atomic E-state index is 0.111. The number of anilines is 1. The van der Waals surface area contributed by atoms with Crippen LogP contribution in [0.4, 0.5) is 10.7 Å². The van der Waals surface area contributed by atoms with Crippen molar-refractivity contribution in [2.45, 2.75) is 53.9 Å². The first kappa shape index (κ1) is 28.1. The lowest BCUT2D eigenvalue weighted by molar-refractivity contribution is 0.102. The van der Waals surface area contributed by atoms with Gasteiger partial charge in [-0.15, -0.1) is 11.3 Å². The van der Waals surface area contributed by atoms with E-state index >= 15 is 0 Å². The highest BCUT2D eigenvalue weighted by Crippen LogP contribution is 2.45. The maximum Gasteiger partial charge on any atom is 0.259 e. The van der Waals surface area contributed by atoms with Gasteiger partial charge in [-0.2, -0.15) is 0 Å². The first-order valence-corrected chi connectivity index (χ1v) is 15.5. The van der Waals surface area contributed by atoms with E-state index in [1.165, 1.54) is 8.45 Å². The summed E-state index contributed by atoms with van der Waals surface area (Å²) in [7, 11) is 0. The summed E-state index contributed by atoms with van der Waals surface area (Å²) in [6, 6.07) is 17.9. The smallest absolute Gasteiger partial charge is 0.259 e. The quantitative estimate of drug-likeness (QED) is 0.167. The number of benzene rings is 2. The molecule has 2 aromatic carbocycles. The molecule has 0 saturated carbocycles. The number of thiophene rings is 1. The summed E-state index contributed by atoms with van der Waals surface area (Å²) < 4.78 is 3.46. The summed E-state index contributed by atoms with van der Waals surface area (Å²) in [5.74, 6) is 0.473. The molecule has 0 bridgehead atoms. The molecule has 0 unspecified atom stereocenters. The Bertz CT molecular complexity index is 1540. The van der Waals surface area contributed by atoms with Gasteiger partial charge in [0, 0.05) is 48.0 Å². The lowest BCUT2D eigenvalue weighted by Gasteiger charge is -2.33. The van der Waals surface area contributed by atoms with Crippen LogP contribution in [0.3, 0.4) is 0 Å². The zero-order valence-corrected chi connectivity index (χ0v) is 26.7. The number of amides is 1. The normalized spacial score (nSPS) is 15.5. The average molecular weight is 670 g/mol. The third-order valence-corrected chi connectivity index (χ3v) is 9.81. The molecule has 4 nitrogen and oxygen atoms in total. The van der Waals surface area contributed by atoms with Crippen LogP contribution in [0, 0.1) is 28.8 Å². The van der Waals surface area contributed by atoms with Gasteiger partial charge in [-0.05, 0) is 127 Å². The highest BCUT2D eigenvalue weighted by Gasteiger charge is 2.33. The molecular weight excluding hydrogens is 637 g/mol. The Kier molecular flexibility index (Phi) is 8.09. The van der Waals surface area contributed by atoms with Crippen LogP contribution < -0.4 is 5.32 Å². The highest BCUT2D eigenvalue weighted by molar-refractivity contribution is 14.1. The van der Waals surface area contributed by atoms with Crippen molar-refractivity contribution >= 4 is 68.3 Å². The fraction of sp³-hybridized carbons (Fsp3) is 0.312. The third kappa shape index (κ3) is 6.03. The number of carbonyl (C=O) groups excluding carboxylic acids is 1. The molecule has 1 aliphatic carbocycles. The largest absolute Gasteiger partial charge is 0.322 e. The molecule has 7 heteroatoms. The van der Waals surface area contributed by atoms with Gasteiger partial charge >= 0.3 is 0 Å². The van der Waals surface area contributed by atoms with Gasteiger partial charge in [-0.25, -0.2) is 4.99 Å². The number of nitrogens with zero attached hydrogens (tertiary/aromatic N) is 2. The van der Waals surface area contributed by atoms with Crippen molar-refractivity contribution in [3.63, 3.8) is 0 Å². The molecule has 5 rings (SSSR count). The molecule has 202 valence electrons. The molecule has 0 spiro atoms. The van der Waals surface area contributed by atoms with Gasteiger partial charge in [0.05, 0.1) is 5.56 Å². The Labute approximate surface area is 253 Å². The van der Waals surface area contributed by atoms with Crippen molar-refractivity contribution in [2.24, 2.45) is 16.3 Å². The second-order valence-corrected chi connectivity index (χ2v) is 14.1. The van der Waals surface area contributed by atoms with E-state index in [0.717, 1.165) is 58.2 Å². The number of nitrogens with one attached hydrogen (secondary N) is 1. The van der Waals surface area contributed by atoms with Crippen molar-refractivity contribution in [2.75, 3.05) is 5.32 Å². The predicted molar refractivity (Wildman–Crippen MR) is 174 cm³/mol. The third-order valence-electron chi connectivity index (χ3n) is 7.68. The number of carbonyl (C=O) groups is 1. The van der Waals surface area contributed by atoms with E-state index in [2.05, 4.69) is 97.4 Å². The van der Waals surface area contributed by atoms with Gasteiger partial charge in [-0.3, -0.25) is 4.79 Å². The molecule has 1 atom stereocenters. The van der Waals surface area contributed by atoms with E-state index < -0.39 is 0 Å². The van der Waals surface area contributed by atoms with Gasteiger partial charge in [0.2, 0.25) is 0 Å². The van der Waals surface area contributed by atoms with Crippen molar-refractivity contribution < 1.29 is 4.79 Å². The second-order valence-electron chi connectivity index (χ2n) is 11.3. The number of aliphatic imine (C=N–C) groups is 1. The lowest BCUT2D eigenvalue weighted by atomic mass is 9.72. The van der Waals surface area contributed by atoms with Crippen molar-refractivity contribution in [3.05, 3.63) is 96.1 Å². The van der Waals surface area contributed by atoms with Crippen LogP contribution in [0.2, 0.25) is 5.02 Å². The Morgan fingerprint density at radius 3 is 2.49 bits per heavy atom. The Morgan fingerprint density at radius 1 is 1.13 bits per heavy atom. The minimum atomic E-state index is -0.111. The summed E-state index contributed by atoms with van der Waals surface area (Å²) in [6.45, 7) is 11.2. The van der Waals surface area contributed by atoms with Crippen LogP contribution in [-0.4, -0.2) is 16.7 Å². The molecule has 2 aromatic heterocycles. The summed E-state index contributed by atoms with van der Waals surface area (Å²) >= 11 is 10.1. The van der Waals surface area contributed by atoms with E-state index in [1.807, 2.05) is 18.3 Å². The van der Waals surface area contributed by atoms with Gasteiger partial charge in [0.1, 0.15) is 5.00 Å². The number of rotatable bonds is 5. The van der Waals surface area contributed by atoms with Crippen LogP contribution in [0.5, 0.6) is 0 Å². The Morgan fingerprint density at radius 2 is 1.82 bits per heavy atom. The van der Waals surface area contributed by atoms with E-state index in [1.54, 1.807) is 23.5 Å². The molecule has 2 heterocycles. The summed E-state index contributed by atoms with van der Waals surface area (Å²) in [4.78, 5) is 19.9. The van der Waals surface area contributed by atoms with Gasteiger partial charge in [0.15, 0.2) is 0 Å². The number of fused-ring (bicyclic) bond motifs is 1. The fourth-order valence-corrected chi connectivity index (χ4v) is 7.15. The summed E-state index contributed by atoms with van der Waals surface area (Å²) in [5, 5.41) is 4.50. The molecule has 0 radical (unpaired) electrons. The zero-order chi connectivity index (χ0) is 27.9. The molecule has 0 fully saturated rings. The molecule has 1 N–H and O–H groups in total. The Hall–Kier alpha value is -2.42. The lowest BCUT2D eigenvalue weighted by Crippen LogP contribution is -2.27. The van der Waals surface area contributed by atoms with E-state index in [0.29, 0.717) is 16.5 Å². The average Bonchev–Trinajstić information content (AvgIpc) is 3.39. The second kappa shape index (κ2) is 11.2. The maximum atomic E-state index is 13.7. The minimum Gasteiger partial charge on any atom is -0.322 e. The Balaban J connectivity index is 1.51. The number of hydrogen-bond acceptors (Lipinski definition) is 3. The molecule has 1 amide bonds. The van der Waals surface area contributed by atoms with Crippen molar-refractivity contribution in [1.29, 1.82) is 0 Å². The number of aromatic nitrogens is 1. The monoisotopic (exact) mass is 669 g/mol. The van der Waals surface area contributed by atoms with Crippen LogP contribution in [-0.2, 0) is 12.8 Å². The SMILES string of the molecule is Cc1cc(C=Nc2sc3c(c2C(=O)Nc2ccc(Cl)cc2)CC[C@H](C(C)(C)C)C3)c(C)n1-c1ccc(I)cc1. The van der Waals surface area contributed by atoms with E-state index in [-0.39, 0.29) is 11.3 Å². The highest BCUT2D eigenvalue weighted by atomic mass is 127. The van der Waals surface area contributed by atoms with Gasteiger partial charge in [-0.1, -0.05) is 32.4 Å². The van der Waals surface area contributed by atoms with Gasteiger partial charge < -0.3 is 9.88 Å². The molecule has 0 aliphatic heterocycles. The van der Waals surface area contributed by atoms with Crippen LogP contribution in [0.1, 0.15) is 64.9 Å². The van der Waals surface area contributed by atoms with Crippen molar-refractivity contribution in [3.8, 4) is 5.69 Å². The van der Waals surface area contributed by atoms with Crippen LogP contribution in [0.25, 0.3) is 5.69 Å². The summed E-state index contributed by atoms with van der Waals surface area (Å²) in [6.07, 6.45) is 4.88. The molecule has 0 saturated heterocycles. The number of hydrogen-bond donors (Lipinski definition) is 1. The fourth-order valence-electron chi connectivity index (χ4n) is 5.40. The first-order valence-electron chi connectivity index (χ1n) is 13.2. The standard InChI is InChI=1S/C32H33ClIN3OS/c1-19-16-21(20(2)37(19)26-13-9-24(34)10-14-26)18-35-31-29(30(38)36-25-11-7-23(33)8-12-25)27-15-6-22(32(3,4)5)17-28(27)39-31/h7-14,16,18,22H,6,15,17H2,1-5H3,(H,36,38)/t22-/m0/s1. The number of aryl methyl sites for hydroxylation is 1. The van der Waals surface area contributed by atoms with Crippen molar-refractivity contribution in [1.82, 2.24) is 4.57 Å². The molecule has 39 heavy (non-hydrogen) atoms. The molecule has 4 aromatic rings. The first-order chi connectivity index (χ1) is 18.5. The topological polar surface area (TPSA) is 46.4 Å². The maximum absolute atomic E-state index is 13.7. The zero-order valence-electron chi connectivity index (χ0n) is 22.9. The van der Waals surface area contributed by atoms with E-state index in [9.17, 15) is 4.79 Å². The molecule has 1 aliphatic rings. The summed E-state index contributed by atoms with van der Waals surface area (Å²) in [5.41, 5.74) is 7.27. The van der Waals surface area contributed by atoms with E-state index in [4.69, 9.17) is 16.6 Å². The molecular formula is C32H33ClIN3OS. The van der Waals surface area contributed by atoms with Crippen LogP contribution >= 0.6 is 45.5 Å².